The van der Waals surface area contributed by atoms with Gasteiger partial charge in [0, 0.05) is 25.7 Å². The monoisotopic (exact) mass is 340 g/mol. The van der Waals surface area contributed by atoms with E-state index in [2.05, 4.69) is 21.8 Å². The van der Waals surface area contributed by atoms with Gasteiger partial charge < -0.3 is 14.5 Å². The number of ether oxygens (including phenoxy) is 1. The van der Waals surface area contributed by atoms with E-state index in [4.69, 9.17) is 16.3 Å². The van der Waals surface area contributed by atoms with Gasteiger partial charge >= 0.3 is 6.09 Å². The molecule has 128 valence electrons. The highest BCUT2D eigenvalue weighted by Gasteiger charge is 2.38. The summed E-state index contributed by atoms with van der Waals surface area (Å²) in [6, 6.07) is 0. The van der Waals surface area contributed by atoms with Gasteiger partial charge in [-0.1, -0.05) is 11.6 Å². The number of halogens is 1. The van der Waals surface area contributed by atoms with E-state index in [9.17, 15) is 4.79 Å². The molecule has 0 spiro atoms. The summed E-state index contributed by atoms with van der Waals surface area (Å²) in [7, 11) is 1.81. The Morgan fingerprint density at radius 2 is 1.96 bits per heavy atom. The first-order valence-electron chi connectivity index (χ1n) is 7.80. The van der Waals surface area contributed by atoms with Crippen molar-refractivity contribution in [3.8, 4) is 0 Å². The van der Waals surface area contributed by atoms with E-state index in [1.165, 1.54) is 6.20 Å². The molecule has 2 heterocycles. The molecule has 1 aromatic rings. The van der Waals surface area contributed by atoms with Crippen molar-refractivity contribution in [2.75, 3.05) is 25.0 Å². The van der Waals surface area contributed by atoms with Crippen LogP contribution in [-0.4, -0.2) is 52.2 Å². The first kappa shape index (κ1) is 17.8. The standard InChI is InChI=1S/C16H25ClN4O2/c1-15(2,3)23-14(22)20(5)16(4)6-8-21(9-7-16)13-11-18-10-12(17)19-13/h10-11H,6-9H2,1-5H3. The second kappa shape index (κ2) is 6.51. The van der Waals surface area contributed by atoms with Crippen molar-refractivity contribution in [3.05, 3.63) is 17.5 Å². The van der Waals surface area contributed by atoms with Crippen LogP contribution in [0, 0.1) is 0 Å². The second-order valence-corrected chi connectivity index (χ2v) is 7.61. The predicted octanol–water partition coefficient (Wildman–Crippen LogP) is 3.36. The summed E-state index contributed by atoms with van der Waals surface area (Å²) in [5.74, 6) is 0.777. The number of carbonyl (C=O) groups is 1. The van der Waals surface area contributed by atoms with Crippen LogP contribution in [-0.2, 0) is 4.74 Å². The van der Waals surface area contributed by atoms with Gasteiger partial charge in [-0.3, -0.25) is 4.98 Å². The first-order chi connectivity index (χ1) is 10.6. The number of nitrogens with zero attached hydrogens (tertiary/aromatic N) is 4. The first-order valence-corrected chi connectivity index (χ1v) is 8.18. The fourth-order valence-corrected chi connectivity index (χ4v) is 2.73. The maximum absolute atomic E-state index is 12.3. The average Bonchev–Trinajstić information content (AvgIpc) is 2.45. The molecule has 0 bridgehead atoms. The lowest BCUT2D eigenvalue weighted by Gasteiger charge is -2.45. The fraction of sp³-hybridized carbons (Fsp3) is 0.688. The number of hydrogen-bond donors (Lipinski definition) is 0. The molecule has 1 saturated heterocycles. The van der Waals surface area contributed by atoms with Crippen LogP contribution < -0.4 is 4.90 Å². The number of aromatic nitrogens is 2. The summed E-state index contributed by atoms with van der Waals surface area (Å²) in [4.78, 5) is 24.5. The molecule has 1 amide bonds. The Labute approximate surface area is 142 Å². The van der Waals surface area contributed by atoms with Crippen LogP contribution in [0.3, 0.4) is 0 Å². The predicted molar refractivity (Wildman–Crippen MR) is 90.9 cm³/mol. The lowest BCUT2D eigenvalue weighted by Crippen LogP contribution is -2.55. The molecule has 1 aliphatic heterocycles. The molecule has 1 aromatic heterocycles. The van der Waals surface area contributed by atoms with Gasteiger partial charge in [0.2, 0.25) is 0 Å². The third-order valence-corrected chi connectivity index (χ3v) is 4.42. The van der Waals surface area contributed by atoms with Gasteiger partial charge in [0.25, 0.3) is 0 Å². The van der Waals surface area contributed by atoms with Crippen LogP contribution in [0.5, 0.6) is 0 Å². The van der Waals surface area contributed by atoms with Crippen LogP contribution in [0.2, 0.25) is 5.15 Å². The van der Waals surface area contributed by atoms with Crippen molar-refractivity contribution < 1.29 is 9.53 Å². The van der Waals surface area contributed by atoms with E-state index in [-0.39, 0.29) is 11.6 Å². The third kappa shape index (κ3) is 4.47. The third-order valence-electron chi connectivity index (χ3n) is 4.23. The van der Waals surface area contributed by atoms with Crippen LogP contribution >= 0.6 is 11.6 Å². The number of carbonyl (C=O) groups excluding carboxylic acids is 1. The molecule has 0 N–H and O–H groups in total. The minimum Gasteiger partial charge on any atom is -0.444 e. The van der Waals surface area contributed by atoms with Crippen LogP contribution in [0.1, 0.15) is 40.5 Å². The summed E-state index contributed by atoms with van der Waals surface area (Å²) < 4.78 is 5.48. The largest absolute Gasteiger partial charge is 0.444 e. The molecule has 7 heteroatoms. The normalized spacial score (nSPS) is 17.7. The van der Waals surface area contributed by atoms with Crippen molar-refractivity contribution >= 4 is 23.5 Å². The Balaban J connectivity index is 2.00. The number of anilines is 1. The van der Waals surface area contributed by atoms with E-state index in [1.807, 2.05) is 27.8 Å². The van der Waals surface area contributed by atoms with Gasteiger partial charge in [0.15, 0.2) is 0 Å². The van der Waals surface area contributed by atoms with E-state index < -0.39 is 5.60 Å². The highest BCUT2D eigenvalue weighted by atomic mass is 35.5. The zero-order valence-corrected chi connectivity index (χ0v) is 15.2. The molecular formula is C16H25ClN4O2. The summed E-state index contributed by atoms with van der Waals surface area (Å²) >= 11 is 5.90. The van der Waals surface area contributed by atoms with Crippen molar-refractivity contribution in [3.63, 3.8) is 0 Å². The van der Waals surface area contributed by atoms with E-state index in [1.54, 1.807) is 11.1 Å². The lowest BCUT2D eigenvalue weighted by molar-refractivity contribution is 0.00346. The van der Waals surface area contributed by atoms with Gasteiger partial charge in [-0.15, -0.1) is 0 Å². The van der Waals surface area contributed by atoms with Crippen molar-refractivity contribution in [2.45, 2.75) is 51.7 Å². The quantitative estimate of drug-likeness (QED) is 0.826. The molecule has 2 rings (SSSR count). The number of amides is 1. The molecule has 1 fully saturated rings. The molecule has 0 saturated carbocycles. The number of hydrogen-bond acceptors (Lipinski definition) is 5. The minimum absolute atomic E-state index is 0.231. The fourth-order valence-electron chi connectivity index (χ4n) is 2.59. The SMILES string of the molecule is CN(C(=O)OC(C)(C)C)C1(C)CCN(c2cncc(Cl)n2)CC1. The Bertz CT molecular complexity index is 565. The highest BCUT2D eigenvalue weighted by molar-refractivity contribution is 6.29. The molecule has 0 aromatic carbocycles. The topological polar surface area (TPSA) is 58.6 Å². The molecule has 1 aliphatic rings. The Morgan fingerprint density at radius 1 is 1.35 bits per heavy atom. The van der Waals surface area contributed by atoms with E-state index >= 15 is 0 Å². The molecule has 0 radical (unpaired) electrons. The summed E-state index contributed by atoms with van der Waals surface area (Å²) in [5, 5.41) is 0.390. The molecule has 0 unspecified atom stereocenters. The molecule has 23 heavy (non-hydrogen) atoms. The summed E-state index contributed by atoms with van der Waals surface area (Å²) in [6.07, 6.45) is 4.62. The Kier molecular flexibility index (Phi) is 5.04. The average molecular weight is 341 g/mol. The van der Waals surface area contributed by atoms with Gasteiger partial charge in [-0.2, -0.15) is 0 Å². The van der Waals surface area contributed by atoms with Gasteiger partial charge in [-0.25, -0.2) is 9.78 Å². The highest BCUT2D eigenvalue weighted by Crippen LogP contribution is 2.30. The van der Waals surface area contributed by atoms with Crippen molar-refractivity contribution in [1.29, 1.82) is 0 Å². The molecule has 6 nitrogen and oxygen atoms in total. The zero-order valence-electron chi connectivity index (χ0n) is 14.5. The Morgan fingerprint density at radius 3 is 2.48 bits per heavy atom. The molecule has 0 aliphatic carbocycles. The van der Waals surface area contributed by atoms with Crippen LogP contribution in [0.4, 0.5) is 10.6 Å². The number of rotatable bonds is 2. The van der Waals surface area contributed by atoms with Gasteiger partial charge in [0.05, 0.1) is 12.4 Å². The lowest BCUT2D eigenvalue weighted by atomic mass is 9.88. The molecule has 0 atom stereocenters. The van der Waals surface area contributed by atoms with Crippen LogP contribution in [0.25, 0.3) is 0 Å². The van der Waals surface area contributed by atoms with Crippen molar-refractivity contribution in [2.24, 2.45) is 0 Å². The maximum Gasteiger partial charge on any atom is 0.410 e. The maximum atomic E-state index is 12.3. The molecular weight excluding hydrogens is 316 g/mol. The van der Waals surface area contributed by atoms with Crippen LogP contribution in [0.15, 0.2) is 12.4 Å². The zero-order chi connectivity index (χ0) is 17.3. The number of piperidine rings is 1. The van der Waals surface area contributed by atoms with E-state index in [0.29, 0.717) is 5.15 Å². The van der Waals surface area contributed by atoms with E-state index in [0.717, 1.165) is 31.7 Å². The van der Waals surface area contributed by atoms with Gasteiger partial charge in [0.1, 0.15) is 16.6 Å². The van der Waals surface area contributed by atoms with Crippen molar-refractivity contribution in [1.82, 2.24) is 14.9 Å². The van der Waals surface area contributed by atoms with Gasteiger partial charge in [-0.05, 0) is 40.5 Å². The smallest absolute Gasteiger partial charge is 0.410 e. The summed E-state index contributed by atoms with van der Waals surface area (Å²) in [6.45, 7) is 9.31. The summed E-state index contributed by atoms with van der Waals surface area (Å²) in [5.41, 5.74) is -0.719. The second-order valence-electron chi connectivity index (χ2n) is 7.22. The minimum atomic E-state index is -0.487. The Hall–Kier alpha value is -1.56.